The molecule has 2 aromatic carbocycles. The maximum absolute atomic E-state index is 12.8. The molecule has 0 atom stereocenters. The molecule has 164 valence electrons. The molecule has 6 nitrogen and oxygen atoms in total. The van der Waals surface area contributed by atoms with Crippen LogP contribution in [0.1, 0.15) is 62.4 Å². The van der Waals surface area contributed by atoms with Gasteiger partial charge in [0.1, 0.15) is 0 Å². The summed E-state index contributed by atoms with van der Waals surface area (Å²) in [6, 6.07) is 12.8. The first kappa shape index (κ1) is 21.7. The highest BCUT2D eigenvalue weighted by atomic mass is 32.2. The molecule has 0 bridgehead atoms. The fraction of sp³-hybridized carbons (Fsp3) is 0.417. The lowest BCUT2D eigenvalue weighted by molar-refractivity contribution is -0.120. The minimum Gasteiger partial charge on any atom is -0.326 e. The average molecular weight is 441 g/mol. The summed E-state index contributed by atoms with van der Waals surface area (Å²) in [5.74, 6) is -0.273. The number of benzene rings is 2. The van der Waals surface area contributed by atoms with E-state index in [0.29, 0.717) is 42.5 Å². The first-order valence-electron chi connectivity index (χ1n) is 10.7. The quantitative estimate of drug-likeness (QED) is 0.638. The van der Waals surface area contributed by atoms with Gasteiger partial charge >= 0.3 is 0 Å². The predicted octanol–water partition coefficient (Wildman–Crippen LogP) is 4.11. The van der Waals surface area contributed by atoms with Crippen LogP contribution in [-0.4, -0.2) is 30.9 Å². The van der Waals surface area contributed by atoms with Crippen LogP contribution in [0.2, 0.25) is 0 Å². The van der Waals surface area contributed by atoms with Crippen molar-refractivity contribution in [1.82, 2.24) is 4.72 Å². The normalized spacial score (nSPS) is 20.8. The molecule has 4 rings (SSSR count). The van der Waals surface area contributed by atoms with Crippen molar-refractivity contribution in [2.45, 2.75) is 57.2 Å². The summed E-state index contributed by atoms with van der Waals surface area (Å²) in [4.78, 5) is 25.5. The summed E-state index contributed by atoms with van der Waals surface area (Å²) in [6.07, 6.45) is 2.51. The first-order valence-corrected chi connectivity index (χ1v) is 12.2. The molecular formula is C24H28N2O4S. The molecule has 0 spiro atoms. The van der Waals surface area contributed by atoms with Crippen LogP contribution in [0.3, 0.4) is 0 Å². The smallest absolute Gasteiger partial charge is 0.227 e. The van der Waals surface area contributed by atoms with Crippen LogP contribution in [0.5, 0.6) is 0 Å². The van der Waals surface area contributed by atoms with Gasteiger partial charge in [-0.15, -0.1) is 0 Å². The fourth-order valence-electron chi connectivity index (χ4n) is 4.22. The summed E-state index contributed by atoms with van der Waals surface area (Å²) < 4.78 is 26.7. The van der Waals surface area contributed by atoms with Gasteiger partial charge in [-0.05, 0) is 69.7 Å². The van der Waals surface area contributed by atoms with E-state index >= 15 is 0 Å². The van der Waals surface area contributed by atoms with Gasteiger partial charge in [-0.2, -0.15) is 0 Å². The van der Waals surface area contributed by atoms with E-state index in [1.165, 1.54) is 0 Å². The zero-order chi connectivity index (χ0) is 22.4. The minimum atomic E-state index is -3.40. The number of hydrogen-bond acceptors (Lipinski definition) is 4. The minimum absolute atomic E-state index is 0.0201. The molecule has 1 fully saturated rings. The lowest BCUT2D eigenvalue weighted by Gasteiger charge is -2.30. The fourth-order valence-corrected chi connectivity index (χ4v) is 5.25. The second-order valence-corrected chi connectivity index (χ2v) is 11.9. The Morgan fingerprint density at radius 1 is 0.903 bits per heavy atom. The van der Waals surface area contributed by atoms with Gasteiger partial charge in [0.15, 0.2) is 5.78 Å². The van der Waals surface area contributed by atoms with Gasteiger partial charge in [0, 0.05) is 28.8 Å². The number of hydrogen-bond donors (Lipinski definition) is 2. The zero-order valence-electron chi connectivity index (χ0n) is 18.1. The Labute approximate surface area is 183 Å². The van der Waals surface area contributed by atoms with Crippen molar-refractivity contribution in [3.8, 4) is 11.1 Å². The third kappa shape index (κ3) is 4.16. The van der Waals surface area contributed by atoms with Crippen molar-refractivity contribution in [1.29, 1.82) is 0 Å². The summed E-state index contributed by atoms with van der Waals surface area (Å²) in [5, 5.41) is 2.95. The van der Waals surface area contributed by atoms with Crippen molar-refractivity contribution < 1.29 is 18.0 Å². The number of anilines is 1. The molecule has 2 aliphatic rings. The number of carbonyl (C=O) groups is 2. The van der Waals surface area contributed by atoms with Gasteiger partial charge < -0.3 is 5.32 Å². The number of ketones is 1. The molecule has 1 amide bonds. The Bertz CT molecular complexity index is 1140. The van der Waals surface area contributed by atoms with Gasteiger partial charge in [-0.3, -0.25) is 9.59 Å². The van der Waals surface area contributed by atoms with Gasteiger partial charge in [0.25, 0.3) is 0 Å². The van der Waals surface area contributed by atoms with Crippen LogP contribution in [0, 0.1) is 5.92 Å². The predicted molar refractivity (Wildman–Crippen MR) is 121 cm³/mol. The largest absolute Gasteiger partial charge is 0.326 e. The van der Waals surface area contributed by atoms with E-state index in [-0.39, 0.29) is 23.7 Å². The molecule has 0 aliphatic heterocycles. The van der Waals surface area contributed by atoms with Gasteiger partial charge in [-0.1, -0.05) is 30.3 Å². The van der Waals surface area contributed by atoms with Crippen LogP contribution in [0.15, 0.2) is 42.5 Å². The second kappa shape index (κ2) is 7.88. The molecule has 0 unspecified atom stereocenters. The highest BCUT2D eigenvalue weighted by Crippen LogP contribution is 2.38. The number of carbonyl (C=O) groups excluding carboxylic acids is 2. The highest BCUT2D eigenvalue weighted by molar-refractivity contribution is 7.90. The molecule has 31 heavy (non-hydrogen) atoms. The van der Waals surface area contributed by atoms with Gasteiger partial charge in [-0.25, -0.2) is 13.1 Å². The molecule has 2 aliphatic carbocycles. The standard InChI is InChI=1S/C24H28N2O4S/c1-24(2,3)31(29,30)26-16-10-8-15(9-11-16)23(28)25-17-12-13-19-18-6-4-5-7-20(18)22(27)21(19)14-17/h4-7,12-16,26H,8-11H2,1-3H3,(H,25,28). The van der Waals surface area contributed by atoms with Crippen molar-refractivity contribution in [2.75, 3.05) is 5.32 Å². The Hall–Kier alpha value is -2.51. The van der Waals surface area contributed by atoms with Crippen molar-refractivity contribution in [3.05, 3.63) is 53.6 Å². The maximum atomic E-state index is 12.8. The number of fused-ring (bicyclic) bond motifs is 3. The van der Waals surface area contributed by atoms with Crippen LogP contribution >= 0.6 is 0 Å². The van der Waals surface area contributed by atoms with Crippen LogP contribution in [0.4, 0.5) is 5.69 Å². The summed E-state index contributed by atoms with van der Waals surface area (Å²) >= 11 is 0. The zero-order valence-corrected chi connectivity index (χ0v) is 18.9. The molecule has 0 aromatic heterocycles. The number of rotatable bonds is 4. The number of sulfonamides is 1. The van der Waals surface area contributed by atoms with Crippen molar-refractivity contribution >= 4 is 27.4 Å². The monoisotopic (exact) mass is 440 g/mol. The van der Waals surface area contributed by atoms with Crippen LogP contribution in [0.25, 0.3) is 11.1 Å². The summed E-state index contributed by atoms with van der Waals surface area (Å²) in [6.45, 7) is 5.02. The van der Waals surface area contributed by atoms with E-state index in [9.17, 15) is 18.0 Å². The van der Waals surface area contributed by atoms with Crippen LogP contribution in [-0.2, 0) is 14.8 Å². The number of nitrogens with one attached hydrogen (secondary N) is 2. The van der Waals surface area contributed by atoms with E-state index in [1.54, 1.807) is 26.8 Å². The molecule has 7 heteroatoms. The SMILES string of the molecule is CC(C)(C)S(=O)(=O)NC1CCC(C(=O)Nc2ccc3c(c2)C(=O)c2ccccc2-3)CC1. The van der Waals surface area contributed by atoms with E-state index in [2.05, 4.69) is 10.0 Å². The van der Waals surface area contributed by atoms with Crippen molar-refractivity contribution in [3.63, 3.8) is 0 Å². The summed E-state index contributed by atoms with van der Waals surface area (Å²) in [7, 11) is -3.40. The Balaban J connectivity index is 1.38. The molecule has 1 saturated carbocycles. The third-order valence-corrected chi connectivity index (χ3v) is 8.48. The second-order valence-electron chi connectivity index (χ2n) is 9.41. The molecule has 0 heterocycles. The molecule has 2 aromatic rings. The third-order valence-electron chi connectivity index (χ3n) is 6.22. The van der Waals surface area contributed by atoms with Crippen molar-refractivity contribution in [2.24, 2.45) is 5.92 Å². The maximum Gasteiger partial charge on any atom is 0.227 e. The molecule has 0 saturated heterocycles. The Morgan fingerprint density at radius 2 is 1.52 bits per heavy atom. The van der Waals surface area contributed by atoms with Gasteiger partial charge in [0.05, 0.1) is 4.75 Å². The highest BCUT2D eigenvalue weighted by Gasteiger charge is 2.34. The number of amides is 1. The molecule has 2 N–H and O–H groups in total. The Kier molecular flexibility index (Phi) is 5.52. The molecular weight excluding hydrogens is 412 g/mol. The lowest BCUT2D eigenvalue weighted by Crippen LogP contribution is -2.46. The van der Waals surface area contributed by atoms with E-state index in [1.807, 2.05) is 36.4 Å². The molecule has 0 radical (unpaired) electrons. The van der Waals surface area contributed by atoms with Crippen LogP contribution < -0.4 is 10.0 Å². The van der Waals surface area contributed by atoms with E-state index < -0.39 is 14.8 Å². The van der Waals surface area contributed by atoms with E-state index in [4.69, 9.17) is 0 Å². The first-order chi connectivity index (χ1) is 14.6. The average Bonchev–Trinajstić information content (AvgIpc) is 3.00. The van der Waals surface area contributed by atoms with E-state index in [0.717, 1.165) is 11.1 Å². The van der Waals surface area contributed by atoms with Gasteiger partial charge in [0.2, 0.25) is 15.9 Å². The lowest BCUT2D eigenvalue weighted by atomic mass is 9.86. The summed E-state index contributed by atoms with van der Waals surface area (Å²) in [5.41, 5.74) is 3.73. The Morgan fingerprint density at radius 3 is 2.16 bits per heavy atom. The topological polar surface area (TPSA) is 92.3 Å².